The van der Waals surface area contributed by atoms with Crippen LogP contribution < -0.4 is 5.73 Å². The van der Waals surface area contributed by atoms with Gasteiger partial charge in [0.25, 0.3) is 0 Å². The summed E-state index contributed by atoms with van der Waals surface area (Å²) in [5.74, 6) is -1.75. The van der Waals surface area contributed by atoms with E-state index in [9.17, 15) is 8.78 Å². The summed E-state index contributed by atoms with van der Waals surface area (Å²) in [7, 11) is 0. The first-order valence-electron chi connectivity index (χ1n) is 4.62. The molecule has 2 rings (SSSR count). The molecule has 1 aromatic carbocycles. The summed E-state index contributed by atoms with van der Waals surface area (Å²) < 4.78 is 28.1. The number of hydrogen-bond acceptors (Lipinski definition) is 3. The fourth-order valence-electron chi connectivity index (χ4n) is 1.24. The van der Waals surface area contributed by atoms with Crippen molar-refractivity contribution in [3.05, 3.63) is 46.8 Å². The number of nitrogens with one attached hydrogen (secondary N) is 1. The molecule has 0 atom stereocenters. The molecule has 6 heteroatoms. The Hall–Kier alpha value is -1.40. The summed E-state index contributed by atoms with van der Waals surface area (Å²) in [6.07, 6.45) is 0. The third-order valence-corrected chi connectivity index (χ3v) is 4.14. The molecule has 0 bridgehead atoms. The molecule has 2 nitrogen and oxygen atoms in total. The van der Waals surface area contributed by atoms with E-state index in [-0.39, 0.29) is 16.3 Å². The van der Waals surface area contributed by atoms with Crippen molar-refractivity contribution in [2.24, 2.45) is 5.73 Å². The van der Waals surface area contributed by atoms with Gasteiger partial charge in [-0.3, -0.25) is 5.41 Å². The molecule has 1 aromatic heterocycles. The van der Waals surface area contributed by atoms with Crippen LogP contribution in [0.15, 0.2) is 38.8 Å². The van der Waals surface area contributed by atoms with Crippen LogP contribution in [0.5, 0.6) is 0 Å². The van der Waals surface area contributed by atoms with Crippen molar-refractivity contribution in [3.63, 3.8) is 0 Å². The molecule has 0 unspecified atom stereocenters. The van der Waals surface area contributed by atoms with Crippen LogP contribution in [-0.4, -0.2) is 5.84 Å². The molecule has 0 aliphatic carbocycles. The Labute approximate surface area is 105 Å². The fourth-order valence-corrected chi connectivity index (χ4v) is 2.95. The summed E-state index contributed by atoms with van der Waals surface area (Å²) in [6.45, 7) is 0. The zero-order valence-corrected chi connectivity index (χ0v) is 10.2. The maximum atomic E-state index is 13.7. The van der Waals surface area contributed by atoms with Crippen molar-refractivity contribution in [2.75, 3.05) is 0 Å². The maximum absolute atomic E-state index is 13.7. The molecular weight excluding hydrogens is 262 g/mol. The van der Waals surface area contributed by atoms with Crippen LogP contribution in [0, 0.1) is 17.0 Å². The molecule has 0 radical (unpaired) electrons. The van der Waals surface area contributed by atoms with E-state index in [0.29, 0.717) is 0 Å². The molecule has 88 valence electrons. The van der Waals surface area contributed by atoms with Crippen LogP contribution in [0.4, 0.5) is 8.78 Å². The number of amidine groups is 1. The predicted molar refractivity (Wildman–Crippen MR) is 65.8 cm³/mol. The summed E-state index contributed by atoms with van der Waals surface area (Å²) in [4.78, 5) is -0.0718. The standard InChI is InChI=1S/C11H8F2N2S2/c12-7-4-6(11(14)15)5-8(13)10(7)17-9-2-1-3-16-9/h1-5H,(H3,14,15). The van der Waals surface area contributed by atoms with Crippen LogP contribution in [-0.2, 0) is 0 Å². The molecule has 2 aromatic rings. The highest BCUT2D eigenvalue weighted by molar-refractivity contribution is 8.01. The Morgan fingerprint density at radius 1 is 1.29 bits per heavy atom. The van der Waals surface area contributed by atoms with Crippen LogP contribution in [0.3, 0.4) is 0 Å². The minimum Gasteiger partial charge on any atom is -0.384 e. The van der Waals surface area contributed by atoms with Crippen molar-refractivity contribution < 1.29 is 8.78 Å². The normalized spacial score (nSPS) is 10.5. The third kappa shape index (κ3) is 2.65. The molecule has 0 fully saturated rings. The number of nitrogen functional groups attached to an aromatic ring is 1. The molecule has 3 N–H and O–H groups in total. The van der Waals surface area contributed by atoms with Gasteiger partial charge in [-0.1, -0.05) is 17.8 Å². The number of benzene rings is 1. The maximum Gasteiger partial charge on any atom is 0.140 e. The first-order valence-corrected chi connectivity index (χ1v) is 6.32. The lowest BCUT2D eigenvalue weighted by atomic mass is 10.2. The zero-order chi connectivity index (χ0) is 12.4. The number of thiophene rings is 1. The SMILES string of the molecule is N=C(N)c1cc(F)c(Sc2cccs2)c(F)c1. The topological polar surface area (TPSA) is 49.9 Å². The van der Waals surface area contributed by atoms with Gasteiger partial charge >= 0.3 is 0 Å². The van der Waals surface area contributed by atoms with Gasteiger partial charge < -0.3 is 5.73 Å². The Morgan fingerprint density at radius 3 is 2.41 bits per heavy atom. The molecular formula is C11H8F2N2S2. The lowest BCUT2D eigenvalue weighted by Crippen LogP contribution is -2.12. The van der Waals surface area contributed by atoms with Crippen molar-refractivity contribution in [2.45, 2.75) is 9.10 Å². The van der Waals surface area contributed by atoms with Crippen molar-refractivity contribution in [3.8, 4) is 0 Å². The Kier molecular flexibility index (Phi) is 3.44. The van der Waals surface area contributed by atoms with E-state index in [2.05, 4.69) is 0 Å². The zero-order valence-electron chi connectivity index (χ0n) is 8.54. The second-order valence-corrected chi connectivity index (χ2v) is 5.48. The Bertz CT molecular complexity index is 530. The average molecular weight is 270 g/mol. The highest BCUT2D eigenvalue weighted by Crippen LogP contribution is 2.35. The summed E-state index contributed by atoms with van der Waals surface area (Å²) >= 11 is 2.43. The van der Waals surface area contributed by atoms with Crippen LogP contribution in [0.1, 0.15) is 5.56 Å². The van der Waals surface area contributed by atoms with Gasteiger partial charge in [-0.2, -0.15) is 0 Å². The first-order chi connectivity index (χ1) is 8.08. The number of nitrogens with two attached hydrogens (primary N) is 1. The number of halogens is 2. The quantitative estimate of drug-likeness (QED) is 0.663. The van der Waals surface area contributed by atoms with Gasteiger partial charge in [0.2, 0.25) is 0 Å². The number of rotatable bonds is 3. The summed E-state index contributed by atoms with van der Waals surface area (Å²) in [5, 5.41) is 8.97. The van der Waals surface area contributed by atoms with E-state index in [4.69, 9.17) is 11.1 Å². The van der Waals surface area contributed by atoms with E-state index in [1.54, 1.807) is 6.07 Å². The largest absolute Gasteiger partial charge is 0.384 e. The monoisotopic (exact) mass is 270 g/mol. The molecule has 0 aliphatic heterocycles. The van der Waals surface area contributed by atoms with Gasteiger partial charge in [0.15, 0.2) is 0 Å². The van der Waals surface area contributed by atoms with Gasteiger partial charge in [0.05, 0.1) is 9.10 Å². The smallest absolute Gasteiger partial charge is 0.140 e. The average Bonchev–Trinajstić information content (AvgIpc) is 2.75. The Balaban J connectivity index is 2.38. The summed E-state index contributed by atoms with van der Waals surface area (Å²) in [5.41, 5.74) is 5.23. The van der Waals surface area contributed by atoms with E-state index in [0.717, 1.165) is 28.1 Å². The molecule has 17 heavy (non-hydrogen) atoms. The molecule has 0 aliphatic rings. The van der Waals surface area contributed by atoms with E-state index in [1.807, 2.05) is 11.4 Å². The van der Waals surface area contributed by atoms with Gasteiger partial charge in [-0.25, -0.2) is 8.78 Å². The van der Waals surface area contributed by atoms with E-state index >= 15 is 0 Å². The molecule has 1 heterocycles. The van der Waals surface area contributed by atoms with Crippen LogP contribution in [0.25, 0.3) is 0 Å². The van der Waals surface area contributed by atoms with Gasteiger partial charge in [-0.15, -0.1) is 11.3 Å². The molecule has 0 amide bonds. The van der Waals surface area contributed by atoms with Gasteiger partial charge in [0.1, 0.15) is 17.5 Å². The molecule has 0 spiro atoms. The lowest BCUT2D eigenvalue weighted by Gasteiger charge is -2.05. The van der Waals surface area contributed by atoms with E-state index in [1.165, 1.54) is 11.3 Å². The highest BCUT2D eigenvalue weighted by atomic mass is 32.2. The van der Waals surface area contributed by atoms with E-state index < -0.39 is 11.6 Å². The van der Waals surface area contributed by atoms with Crippen molar-refractivity contribution >= 4 is 28.9 Å². The fraction of sp³-hybridized carbons (Fsp3) is 0. The first kappa shape index (κ1) is 12.1. The van der Waals surface area contributed by atoms with Crippen molar-refractivity contribution in [1.82, 2.24) is 0 Å². The van der Waals surface area contributed by atoms with Gasteiger partial charge in [0, 0.05) is 5.56 Å². The Morgan fingerprint density at radius 2 is 1.94 bits per heavy atom. The van der Waals surface area contributed by atoms with Crippen LogP contribution >= 0.6 is 23.1 Å². The minimum absolute atomic E-state index is 0.0514. The lowest BCUT2D eigenvalue weighted by molar-refractivity contribution is 0.540. The second kappa shape index (κ2) is 4.85. The highest BCUT2D eigenvalue weighted by Gasteiger charge is 2.14. The minimum atomic E-state index is -0.700. The predicted octanol–water partition coefficient (Wildman–Crippen LogP) is 3.46. The second-order valence-electron chi connectivity index (χ2n) is 3.22. The summed E-state index contributed by atoms with van der Waals surface area (Å²) in [6, 6.07) is 5.74. The van der Waals surface area contributed by atoms with Crippen LogP contribution in [0.2, 0.25) is 0 Å². The van der Waals surface area contributed by atoms with Crippen molar-refractivity contribution in [1.29, 1.82) is 5.41 Å². The molecule has 0 saturated carbocycles. The molecule has 0 saturated heterocycles. The van der Waals surface area contributed by atoms with Gasteiger partial charge in [-0.05, 0) is 23.6 Å². The third-order valence-electron chi connectivity index (χ3n) is 2.01. The number of hydrogen-bond donors (Lipinski definition) is 2.